The van der Waals surface area contributed by atoms with Crippen molar-refractivity contribution >= 4 is 0 Å². The number of benzene rings is 1. The fraction of sp³-hybridized carbons (Fsp3) is 0.500. The van der Waals surface area contributed by atoms with Gasteiger partial charge in [-0.05, 0) is 30.0 Å². The Bertz CT molecular complexity index is 312. The van der Waals surface area contributed by atoms with Gasteiger partial charge in [0.1, 0.15) is 5.75 Å². The first kappa shape index (κ1) is 12.0. The van der Waals surface area contributed by atoms with Crippen LogP contribution in [-0.2, 0) is 0 Å². The first-order valence-corrected chi connectivity index (χ1v) is 5.23. The minimum Gasteiger partial charge on any atom is -0.508 e. The lowest BCUT2D eigenvalue weighted by Crippen LogP contribution is -2.27. The summed E-state index contributed by atoms with van der Waals surface area (Å²) in [5.41, 5.74) is 6.66. The third-order valence-corrected chi connectivity index (χ3v) is 2.38. The summed E-state index contributed by atoms with van der Waals surface area (Å²) in [7, 11) is 0. The number of aliphatic hydroxyl groups excluding tert-OH is 1. The third-order valence-electron chi connectivity index (χ3n) is 2.38. The second kappa shape index (κ2) is 5.14. The molecule has 0 saturated heterocycles. The summed E-state index contributed by atoms with van der Waals surface area (Å²) in [5, 5.41) is 19.1. The zero-order valence-corrected chi connectivity index (χ0v) is 9.22. The average molecular weight is 209 g/mol. The van der Waals surface area contributed by atoms with Gasteiger partial charge in [-0.25, -0.2) is 0 Å². The van der Waals surface area contributed by atoms with Crippen molar-refractivity contribution in [3.05, 3.63) is 29.8 Å². The molecular weight excluding hydrogens is 190 g/mol. The van der Waals surface area contributed by atoms with Gasteiger partial charge in [0.05, 0.1) is 12.1 Å². The number of aliphatic hydroxyl groups is 1. The van der Waals surface area contributed by atoms with E-state index in [1.165, 1.54) is 0 Å². The quantitative estimate of drug-likeness (QED) is 0.708. The van der Waals surface area contributed by atoms with Crippen molar-refractivity contribution < 1.29 is 10.2 Å². The molecular formula is C12H19NO2. The number of nitrogens with two attached hydrogens (primary N) is 1. The number of aromatic hydroxyl groups is 1. The van der Waals surface area contributed by atoms with E-state index in [1.807, 2.05) is 19.9 Å². The molecule has 0 heterocycles. The highest BCUT2D eigenvalue weighted by Gasteiger charge is 2.17. The van der Waals surface area contributed by atoms with Crippen LogP contribution in [0.3, 0.4) is 0 Å². The van der Waals surface area contributed by atoms with Crippen LogP contribution in [0.2, 0.25) is 0 Å². The molecule has 0 saturated carbocycles. The van der Waals surface area contributed by atoms with Crippen molar-refractivity contribution in [1.82, 2.24) is 0 Å². The van der Waals surface area contributed by atoms with Gasteiger partial charge in [0, 0.05) is 0 Å². The summed E-state index contributed by atoms with van der Waals surface area (Å²) in [5.74, 6) is 0.586. The Morgan fingerprint density at radius 2 is 2.00 bits per heavy atom. The van der Waals surface area contributed by atoms with Crippen LogP contribution in [0.5, 0.6) is 5.75 Å². The predicted octanol–water partition coefficient (Wildman–Crippen LogP) is 1.80. The average Bonchev–Trinajstić information content (AvgIpc) is 2.15. The van der Waals surface area contributed by atoms with Crippen molar-refractivity contribution in [2.24, 2.45) is 11.7 Å². The monoisotopic (exact) mass is 209 g/mol. The van der Waals surface area contributed by atoms with E-state index < -0.39 is 12.1 Å². The van der Waals surface area contributed by atoms with Crippen molar-refractivity contribution in [1.29, 1.82) is 0 Å². The number of rotatable bonds is 4. The van der Waals surface area contributed by atoms with Crippen LogP contribution < -0.4 is 5.73 Å². The normalized spacial score (nSPS) is 15.3. The molecule has 0 unspecified atom stereocenters. The van der Waals surface area contributed by atoms with Crippen molar-refractivity contribution in [2.75, 3.05) is 0 Å². The lowest BCUT2D eigenvalue weighted by atomic mass is 9.95. The van der Waals surface area contributed by atoms with Crippen molar-refractivity contribution in [2.45, 2.75) is 32.4 Å². The first-order chi connectivity index (χ1) is 7.00. The Labute approximate surface area is 90.5 Å². The summed E-state index contributed by atoms with van der Waals surface area (Å²) < 4.78 is 0. The second-order valence-corrected chi connectivity index (χ2v) is 4.32. The first-order valence-electron chi connectivity index (χ1n) is 5.23. The van der Waals surface area contributed by atoms with Gasteiger partial charge >= 0.3 is 0 Å². The van der Waals surface area contributed by atoms with Crippen LogP contribution in [-0.4, -0.2) is 16.3 Å². The van der Waals surface area contributed by atoms with E-state index in [-0.39, 0.29) is 5.75 Å². The molecule has 1 rings (SSSR count). The van der Waals surface area contributed by atoms with Gasteiger partial charge in [-0.3, -0.25) is 0 Å². The summed E-state index contributed by atoms with van der Waals surface area (Å²) in [6, 6.07) is 6.29. The van der Waals surface area contributed by atoms with E-state index in [9.17, 15) is 10.2 Å². The molecule has 0 spiro atoms. The van der Waals surface area contributed by atoms with Gasteiger partial charge in [0.25, 0.3) is 0 Å². The molecule has 1 aromatic rings. The maximum atomic E-state index is 9.83. The molecule has 3 nitrogen and oxygen atoms in total. The SMILES string of the molecule is CC(C)C[C@H](O)[C@H](N)c1cccc(O)c1. The molecule has 0 aliphatic rings. The van der Waals surface area contributed by atoms with Crippen molar-refractivity contribution in [3.8, 4) is 5.75 Å². The van der Waals surface area contributed by atoms with Crippen LogP contribution in [0.15, 0.2) is 24.3 Å². The summed E-state index contributed by atoms with van der Waals surface area (Å²) in [6.45, 7) is 4.08. The molecule has 0 fully saturated rings. The number of hydrogen-bond donors (Lipinski definition) is 3. The van der Waals surface area contributed by atoms with Gasteiger partial charge in [-0.15, -0.1) is 0 Å². The molecule has 0 bridgehead atoms. The molecule has 15 heavy (non-hydrogen) atoms. The van der Waals surface area contributed by atoms with E-state index in [1.54, 1.807) is 18.2 Å². The molecule has 0 aliphatic carbocycles. The van der Waals surface area contributed by atoms with Crippen LogP contribution in [0.1, 0.15) is 31.9 Å². The molecule has 3 heteroatoms. The molecule has 2 atom stereocenters. The molecule has 0 aliphatic heterocycles. The molecule has 0 amide bonds. The highest BCUT2D eigenvalue weighted by atomic mass is 16.3. The van der Waals surface area contributed by atoms with E-state index in [0.29, 0.717) is 12.3 Å². The summed E-state index contributed by atoms with van der Waals surface area (Å²) in [6.07, 6.45) is 0.100. The highest BCUT2D eigenvalue weighted by Crippen LogP contribution is 2.22. The smallest absolute Gasteiger partial charge is 0.115 e. The minimum atomic E-state index is -0.563. The number of hydrogen-bond acceptors (Lipinski definition) is 3. The van der Waals surface area contributed by atoms with Crippen molar-refractivity contribution in [3.63, 3.8) is 0 Å². The number of phenols is 1. The number of phenolic OH excluding ortho intramolecular Hbond substituents is 1. The summed E-state index contributed by atoms with van der Waals surface area (Å²) in [4.78, 5) is 0. The minimum absolute atomic E-state index is 0.180. The molecule has 84 valence electrons. The van der Waals surface area contributed by atoms with E-state index in [4.69, 9.17) is 5.73 Å². The van der Waals surface area contributed by atoms with E-state index >= 15 is 0 Å². The largest absolute Gasteiger partial charge is 0.508 e. The predicted molar refractivity (Wildman–Crippen MR) is 60.5 cm³/mol. The highest BCUT2D eigenvalue weighted by molar-refractivity contribution is 5.29. The van der Waals surface area contributed by atoms with Crippen LogP contribution in [0.25, 0.3) is 0 Å². The lowest BCUT2D eigenvalue weighted by molar-refractivity contribution is 0.121. The Kier molecular flexibility index (Phi) is 4.12. The molecule has 1 aromatic carbocycles. The maximum Gasteiger partial charge on any atom is 0.115 e. The van der Waals surface area contributed by atoms with Gasteiger partial charge < -0.3 is 15.9 Å². The van der Waals surface area contributed by atoms with Crippen LogP contribution in [0.4, 0.5) is 0 Å². The molecule has 0 aromatic heterocycles. The van der Waals surface area contributed by atoms with Gasteiger partial charge in [-0.1, -0.05) is 26.0 Å². The van der Waals surface area contributed by atoms with Crippen LogP contribution >= 0.6 is 0 Å². The third kappa shape index (κ3) is 3.53. The Morgan fingerprint density at radius 1 is 1.33 bits per heavy atom. The zero-order chi connectivity index (χ0) is 11.4. The zero-order valence-electron chi connectivity index (χ0n) is 9.22. The Hall–Kier alpha value is -1.06. The molecule has 4 N–H and O–H groups in total. The Morgan fingerprint density at radius 3 is 2.53 bits per heavy atom. The topological polar surface area (TPSA) is 66.5 Å². The fourth-order valence-corrected chi connectivity index (χ4v) is 1.58. The Balaban J connectivity index is 2.71. The van der Waals surface area contributed by atoms with Gasteiger partial charge in [0.15, 0.2) is 0 Å². The summed E-state index contributed by atoms with van der Waals surface area (Å²) >= 11 is 0. The van der Waals surface area contributed by atoms with Gasteiger partial charge in [0.2, 0.25) is 0 Å². The maximum absolute atomic E-state index is 9.83. The van der Waals surface area contributed by atoms with Gasteiger partial charge in [-0.2, -0.15) is 0 Å². The van der Waals surface area contributed by atoms with Crippen LogP contribution in [0, 0.1) is 5.92 Å². The second-order valence-electron chi connectivity index (χ2n) is 4.32. The van der Waals surface area contributed by atoms with E-state index in [2.05, 4.69) is 0 Å². The standard InChI is InChI=1S/C12H19NO2/c1-8(2)6-11(15)12(13)9-4-3-5-10(14)7-9/h3-5,7-8,11-12,14-15H,6,13H2,1-2H3/t11-,12+/m0/s1. The fourth-order valence-electron chi connectivity index (χ4n) is 1.58. The van der Waals surface area contributed by atoms with E-state index in [0.717, 1.165) is 5.56 Å². The molecule has 0 radical (unpaired) electrons. The lowest BCUT2D eigenvalue weighted by Gasteiger charge is -2.20.